The molecule has 1 heterocycles. The van der Waals surface area contributed by atoms with E-state index >= 15 is 0 Å². The Labute approximate surface area is 168 Å². The number of amides is 2. The van der Waals surface area contributed by atoms with E-state index in [0.717, 1.165) is 5.69 Å². The van der Waals surface area contributed by atoms with E-state index < -0.39 is 23.9 Å². The van der Waals surface area contributed by atoms with Gasteiger partial charge in [-0.25, -0.2) is 9.80 Å². The molecular weight excluding hydrogens is 374 g/mol. The molecule has 0 aromatic heterocycles. The van der Waals surface area contributed by atoms with Crippen LogP contribution in [0.15, 0.2) is 54.1 Å². The molecule has 29 heavy (non-hydrogen) atoms. The normalized spacial score (nSPS) is 16.0. The molecule has 0 bridgehead atoms. The second kappa shape index (κ2) is 8.05. The van der Waals surface area contributed by atoms with Gasteiger partial charge in [-0.2, -0.15) is 0 Å². The number of nitrogens with zero attached hydrogens (tertiary/aromatic N) is 2. The van der Waals surface area contributed by atoms with E-state index in [1.165, 1.54) is 18.0 Å². The van der Waals surface area contributed by atoms with Gasteiger partial charge in [-0.15, -0.1) is 0 Å². The molecule has 0 spiro atoms. The minimum Gasteiger partial charge on any atom is -0.479 e. The molecule has 8 heteroatoms. The number of para-hydroxylation sites is 1. The quantitative estimate of drug-likeness (QED) is 0.574. The topological polar surface area (TPSA) is 99.2 Å². The third-order valence-electron chi connectivity index (χ3n) is 4.37. The zero-order valence-electron chi connectivity index (χ0n) is 16.2. The zero-order valence-corrected chi connectivity index (χ0v) is 16.2. The Morgan fingerprint density at radius 3 is 2.48 bits per heavy atom. The zero-order chi connectivity index (χ0) is 21.1. The number of carboxylic acid groups (broad SMARTS) is 1. The lowest BCUT2D eigenvalue weighted by Crippen LogP contribution is -2.35. The number of aliphatic carboxylic acids is 1. The maximum atomic E-state index is 12.8. The lowest BCUT2D eigenvalue weighted by atomic mass is 10.1. The fourth-order valence-corrected chi connectivity index (χ4v) is 2.74. The fraction of sp³-hybridized carbons (Fsp3) is 0.190. The molecule has 150 valence electrons. The summed E-state index contributed by atoms with van der Waals surface area (Å²) in [7, 11) is 3.67. The second-order valence-electron chi connectivity index (χ2n) is 6.69. The van der Waals surface area contributed by atoms with E-state index in [0.29, 0.717) is 11.3 Å². The van der Waals surface area contributed by atoms with E-state index in [4.69, 9.17) is 9.84 Å². The van der Waals surface area contributed by atoms with Crippen molar-refractivity contribution in [2.24, 2.45) is 0 Å². The summed E-state index contributed by atoms with van der Waals surface area (Å²) in [5, 5.41) is 10.3. The summed E-state index contributed by atoms with van der Waals surface area (Å²) < 4.78 is 5.56. The molecule has 2 N–H and O–H groups in total. The minimum atomic E-state index is -1.12. The van der Waals surface area contributed by atoms with Crippen molar-refractivity contribution in [2.45, 2.75) is 13.0 Å². The van der Waals surface area contributed by atoms with Crippen molar-refractivity contribution in [3.8, 4) is 5.75 Å². The highest BCUT2D eigenvalue weighted by Crippen LogP contribution is 2.29. The summed E-state index contributed by atoms with van der Waals surface area (Å²) in [6, 6.07) is 13.9. The number of anilines is 2. The van der Waals surface area contributed by atoms with Crippen LogP contribution in [0.5, 0.6) is 5.75 Å². The monoisotopic (exact) mass is 395 g/mol. The van der Waals surface area contributed by atoms with Crippen molar-refractivity contribution in [2.75, 3.05) is 24.0 Å². The number of benzene rings is 2. The third-order valence-corrected chi connectivity index (χ3v) is 4.37. The van der Waals surface area contributed by atoms with Crippen LogP contribution < -0.4 is 20.1 Å². The Kier molecular flexibility index (Phi) is 5.54. The molecule has 3 rings (SSSR count). The van der Waals surface area contributed by atoms with Crippen molar-refractivity contribution >= 4 is 35.2 Å². The number of carboxylic acids is 1. The predicted octanol–water partition coefficient (Wildman–Crippen LogP) is 2.07. The van der Waals surface area contributed by atoms with Crippen LogP contribution >= 0.6 is 0 Å². The van der Waals surface area contributed by atoms with E-state index in [-0.39, 0.29) is 11.3 Å². The number of ether oxygens (including phenoxy) is 1. The van der Waals surface area contributed by atoms with Crippen LogP contribution in [-0.2, 0) is 14.4 Å². The Hall–Kier alpha value is -3.81. The number of hydrogen-bond acceptors (Lipinski definition) is 5. The molecule has 0 saturated carbocycles. The summed E-state index contributed by atoms with van der Waals surface area (Å²) in [6.45, 7) is 1.41. The molecule has 0 unspecified atom stereocenters. The molecule has 0 aliphatic carbocycles. The van der Waals surface area contributed by atoms with E-state index in [9.17, 15) is 14.4 Å². The van der Waals surface area contributed by atoms with Crippen LogP contribution in [0.25, 0.3) is 6.08 Å². The first kappa shape index (κ1) is 19.9. The third kappa shape index (κ3) is 4.21. The Bertz CT molecular complexity index is 985. The number of rotatable bonds is 6. The van der Waals surface area contributed by atoms with Crippen LogP contribution in [0.2, 0.25) is 0 Å². The Balaban J connectivity index is 1.99. The predicted molar refractivity (Wildman–Crippen MR) is 109 cm³/mol. The van der Waals surface area contributed by atoms with Crippen molar-refractivity contribution in [3.05, 3.63) is 59.7 Å². The number of hydrazine groups is 1. The van der Waals surface area contributed by atoms with Crippen LogP contribution in [0.1, 0.15) is 12.5 Å². The number of carbonyl (C=O) groups is 3. The van der Waals surface area contributed by atoms with Gasteiger partial charge in [0.15, 0.2) is 6.10 Å². The largest absolute Gasteiger partial charge is 0.479 e. The molecule has 1 aliphatic heterocycles. The molecule has 2 aromatic rings. The van der Waals surface area contributed by atoms with Gasteiger partial charge in [0.1, 0.15) is 11.3 Å². The highest BCUT2D eigenvalue weighted by Gasteiger charge is 2.34. The summed E-state index contributed by atoms with van der Waals surface area (Å²) in [5.74, 6) is -1.91. The minimum absolute atomic E-state index is 0.0701. The smallest absolute Gasteiger partial charge is 0.344 e. The molecule has 1 saturated heterocycles. The standard InChI is InChI=1S/C21H21N3O5/c1-13(21(27)28)29-18-12-16(23(2)3)10-9-14(18)11-17-19(25)22-24(20(17)26)15-7-5-4-6-8-15/h4-13H,1-3H3,(H,22,25)(H,27,28)/b17-11-/t13-/m1/s1. The molecule has 2 aromatic carbocycles. The van der Waals surface area contributed by atoms with E-state index in [1.807, 2.05) is 25.1 Å². The summed E-state index contributed by atoms with van der Waals surface area (Å²) in [6.07, 6.45) is 0.308. The molecule has 2 amide bonds. The average molecular weight is 395 g/mol. The van der Waals surface area contributed by atoms with E-state index in [1.54, 1.807) is 42.5 Å². The lowest BCUT2D eigenvalue weighted by Gasteiger charge is -2.18. The lowest BCUT2D eigenvalue weighted by molar-refractivity contribution is -0.144. The van der Waals surface area contributed by atoms with Crippen LogP contribution in [0.3, 0.4) is 0 Å². The van der Waals surface area contributed by atoms with Crippen LogP contribution in [0.4, 0.5) is 11.4 Å². The van der Waals surface area contributed by atoms with Gasteiger partial charge in [0.25, 0.3) is 11.8 Å². The Morgan fingerprint density at radius 2 is 1.86 bits per heavy atom. The summed E-state index contributed by atoms with van der Waals surface area (Å²) >= 11 is 0. The number of carbonyl (C=O) groups excluding carboxylic acids is 2. The Morgan fingerprint density at radius 1 is 1.17 bits per heavy atom. The van der Waals surface area contributed by atoms with Gasteiger partial charge < -0.3 is 14.7 Å². The highest BCUT2D eigenvalue weighted by atomic mass is 16.5. The van der Waals surface area contributed by atoms with Crippen LogP contribution in [-0.4, -0.2) is 43.1 Å². The molecular formula is C21H21N3O5. The van der Waals surface area contributed by atoms with Gasteiger partial charge in [-0.1, -0.05) is 18.2 Å². The molecule has 8 nitrogen and oxygen atoms in total. The fourth-order valence-electron chi connectivity index (χ4n) is 2.74. The first-order valence-electron chi connectivity index (χ1n) is 8.91. The molecule has 1 aliphatic rings. The number of nitrogens with one attached hydrogen (secondary N) is 1. The van der Waals surface area contributed by atoms with Crippen molar-refractivity contribution < 1.29 is 24.2 Å². The van der Waals surface area contributed by atoms with Crippen molar-refractivity contribution in [1.82, 2.24) is 5.43 Å². The highest BCUT2D eigenvalue weighted by molar-refractivity contribution is 6.31. The SMILES string of the molecule is C[C@@H](Oc1cc(N(C)C)ccc1/C=C1/C(=O)NN(c2ccccc2)C1=O)C(=O)O. The first-order valence-corrected chi connectivity index (χ1v) is 8.91. The first-order chi connectivity index (χ1) is 13.8. The van der Waals surface area contributed by atoms with E-state index in [2.05, 4.69) is 5.43 Å². The molecule has 1 fully saturated rings. The molecule has 1 atom stereocenters. The van der Waals surface area contributed by atoms with Gasteiger partial charge >= 0.3 is 5.97 Å². The maximum Gasteiger partial charge on any atom is 0.344 e. The van der Waals surface area contributed by atoms with Gasteiger partial charge in [0.05, 0.1) is 5.69 Å². The van der Waals surface area contributed by atoms with Crippen LogP contribution in [0, 0.1) is 0 Å². The van der Waals surface area contributed by atoms with Crippen molar-refractivity contribution in [1.29, 1.82) is 0 Å². The van der Waals surface area contributed by atoms with Gasteiger partial charge in [0, 0.05) is 31.4 Å². The second-order valence-corrected chi connectivity index (χ2v) is 6.69. The van der Waals surface area contributed by atoms with Gasteiger partial charge in [0.2, 0.25) is 0 Å². The van der Waals surface area contributed by atoms with Gasteiger partial charge in [-0.05, 0) is 37.3 Å². The maximum absolute atomic E-state index is 12.8. The summed E-state index contributed by atoms with van der Waals surface area (Å²) in [5.41, 5.74) is 4.21. The molecule has 0 radical (unpaired) electrons. The summed E-state index contributed by atoms with van der Waals surface area (Å²) in [4.78, 5) is 38.2. The number of hydrogen-bond donors (Lipinski definition) is 2. The van der Waals surface area contributed by atoms with Crippen molar-refractivity contribution in [3.63, 3.8) is 0 Å². The average Bonchev–Trinajstić information content (AvgIpc) is 2.97. The van der Waals surface area contributed by atoms with Gasteiger partial charge in [-0.3, -0.25) is 15.0 Å².